The van der Waals surface area contributed by atoms with Gasteiger partial charge in [-0.1, -0.05) is 19.1 Å². The number of amides is 1. The smallest absolute Gasteiger partial charge is 0.335 e. The maximum Gasteiger partial charge on any atom is 0.335 e. The number of nitrogens with zero attached hydrogens (tertiary/aromatic N) is 1. The average molecular weight is 275 g/mol. The van der Waals surface area contributed by atoms with Gasteiger partial charge in [-0.15, -0.1) is 0 Å². The zero-order valence-electron chi connectivity index (χ0n) is 11.8. The van der Waals surface area contributed by atoms with Crippen molar-refractivity contribution in [1.82, 2.24) is 4.90 Å². The molecule has 0 unspecified atom stereocenters. The molecule has 2 rings (SSSR count). The average Bonchev–Trinajstić information content (AvgIpc) is 3.27. The molecule has 1 amide bonds. The summed E-state index contributed by atoms with van der Waals surface area (Å²) in [6.45, 7) is 2.94. The van der Waals surface area contributed by atoms with Crippen molar-refractivity contribution in [2.45, 2.75) is 45.1 Å². The third-order valence-corrected chi connectivity index (χ3v) is 3.60. The molecule has 108 valence electrons. The molecule has 4 heteroatoms. The minimum Gasteiger partial charge on any atom is -0.478 e. The topological polar surface area (TPSA) is 57.6 Å². The minimum atomic E-state index is -0.921. The standard InChI is InChI=1S/C16H21NO3/c1-2-11-17(14-8-9-14)15(18)10-5-12-3-6-13(7-4-12)16(19)20/h3-4,6-7,14H,2,5,8-11H2,1H3,(H,19,20). The van der Waals surface area contributed by atoms with E-state index in [9.17, 15) is 9.59 Å². The van der Waals surface area contributed by atoms with E-state index in [2.05, 4.69) is 6.92 Å². The molecule has 1 aromatic rings. The SMILES string of the molecule is CCCN(C(=O)CCc1ccc(C(=O)O)cc1)C1CC1. The highest BCUT2D eigenvalue weighted by molar-refractivity contribution is 5.87. The number of aryl methyl sites for hydroxylation is 1. The molecule has 0 radical (unpaired) electrons. The van der Waals surface area contributed by atoms with Crippen LogP contribution in [-0.4, -0.2) is 34.5 Å². The van der Waals surface area contributed by atoms with Crippen molar-refractivity contribution in [2.75, 3.05) is 6.54 Å². The Morgan fingerprint density at radius 3 is 2.40 bits per heavy atom. The third-order valence-electron chi connectivity index (χ3n) is 3.60. The van der Waals surface area contributed by atoms with Crippen molar-refractivity contribution < 1.29 is 14.7 Å². The molecule has 1 saturated carbocycles. The van der Waals surface area contributed by atoms with Gasteiger partial charge in [0.1, 0.15) is 0 Å². The van der Waals surface area contributed by atoms with Crippen molar-refractivity contribution in [1.29, 1.82) is 0 Å². The van der Waals surface area contributed by atoms with E-state index in [0.29, 0.717) is 18.9 Å². The van der Waals surface area contributed by atoms with Gasteiger partial charge in [0.05, 0.1) is 5.56 Å². The van der Waals surface area contributed by atoms with Crippen LogP contribution in [0.3, 0.4) is 0 Å². The number of aromatic carboxylic acids is 1. The van der Waals surface area contributed by atoms with Crippen LogP contribution in [0, 0.1) is 0 Å². The minimum absolute atomic E-state index is 0.219. The molecule has 1 aromatic carbocycles. The molecule has 0 bridgehead atoms. The molecule has 4 nitrogen and oxygen atoms in total. The largest absolute Gasteiger partial charge is 0.478 e. The first-order chi connectivity index (χ1) is 9.61. The molecule has 0 spiro atoms. The Bertz CT molecular complexity index is 477. The number of carboxylic acids is 1. The van der Waals surface area contributed by atoms with Crippen molar-refractivity contribution in [3.8, 4) is 0 Å². The van der Waals surface area contributed by atoms with Gasteiger partial charge in [-0.3, -0.25) is 4.79 Å². The summed E-state index contributed by atoms with van der Waals surface area (Å²) in [6.07, 6.45) is 4.45. The van der Waals surface area contributed by atoms with Gasteiger partial charge in [0.15, 0.2) is 0 Å². The van der Waals surface area contributed by atoms with E-state index in [1.54, 1.807) is 24.3 Å². The van der Waals surface area contributed by atoms with Crippen LogP contribution < -0.4 is 0 Å². The maximum atomic E-state index is 12.2. The summed E-state index contributed by atoms with van der Waals surface area (Å²) in [5, 5.41) is 8.83. The lowest BCUT2D eigenvalue weighted by molar-refractivity contribution is -0.131. The van der Waals surface area contributed by atoms with Gasteiger partial charge in [0.25, 0.3) is 0 Å². The normalized spacial score (nSPS) is 14.1. The predicted molar refractivity (Wildman–Crippen MR) is 76.7 cm³/mol. The Morgan fingerprint density at radius 2 is 1.90 bits per heavy atom. The lowest BCUT2D eigenvalue weighted by Crippen LogP contribution is -2.33. The molecule has 0 saturated heterocycles. The Balaban J connectivity index is 1.87. The number of rotatable bonds is 7. The fourth-order valence-corrected chi connectivity index (χ4v) is 2.35. The van der Waals surface area contributed by atoms with Crippen LogP contribution in [-0.2, 0) is 11.2 Å². The van der Waals surface area contributed by atoms with E-state index in [1.807, 2.05) is 4.90 Å². The van der Waals surface area contributed by atoms with Gasteiger partial charge in [0.2, 0.25) is 5.91 Å². The Hall–Kier alpha value is -1.84. The van der Waals surface area contributed by atoms with Gasteiger partial charge >= 0.3 is 5.97 Å². The number of benzene rings is 1. The number of carbonyl (C=O) groups is 2. The zero-order valence-corrected chi connectivity index (χ0v) is 11.8. The highest BCUT2D eigenvalue weighted by atomic mass is 16.4. The summed E-state index contributed by atoms with van der Waals surface area (Å²) in [7, 11) is 0. The molecule has 0 aromatic heterocycles. The number of hydrogen-bond acceptors (Lipinski definition) is 2. The van der Waals surface area contributed by atoms with Crippen molar-refractivity contribution >= 4 is 11.9 Å². The Labute approximate surface area is 119 Å². The molecular weight excluding hydrogens is 254 g/mol. The van der Waals surface area contributed by atoms with E-state index in [0.717, 1.165) is 31.4 Å². The molecular formula is C16H21NO3. The molecule has 0 heterocycles. The molecule has 0 atom stereocenters. The predicted octanol–water partition coefficient (Wildman–Crippen LogP) is 2.72. The lowest BCUT2D eigenvalue weighted by atomic mass is 10.1. The fraction of sp³-hybridized carbons (Fsp3) is 0.500. The highest BCUT2D eigenvalue weighted by Gasteiger charge is 2.31. The first kappa shape index (κ1) is 14.6. The first-order valence-electron chi connectivity index (χ1n) is 7.23. The second-order valence-corrected chi connectivity index (χ2v) is 5.32. The second kappa shape index (κ2) is 6.55. The molecule has 1 N–H and O–H groups in total. The van der Waals surface area contributed by atoms with E-state index in [-0.39, 0.29) is 11.5 Å². The summed E-state index contributed by atoms with van der Waals surface area (Å²) in [4.78, 5) is 25.0. The van der Waals surface area contributed by atoms with Crippen LogP contribution in [0.15, 0.2) is 24.3 Å². The summed E-state index contributed by atoms with van der Waals surface area (Å²) >= 11 is 0. The Morgan fingerprint density at radius 1 is 1.25 bits per heavy atom. The van der Waals surface area contributed by atoms with Gasteiger partial charge in [-0.05, 0) is 43.4 Å². The van der Waals surface area contributed by atoms with Crippen molar-refractivity contribution in [3.05, 3.63) is 35.4 Å². The molecule has 1 aliphatic rings. The summed E-state index contributed by atoms with van der Waals surface area (Å²) in [6, 6.07) is 7.23. The molecule has 20 heavy (non-hydrogen) atoms. The van der Waals surface area contributed by atoms with Crippen molar-refractivity contribution in [3.63, 3.8) is 0 Å². The number of hydrogen-bond donors (Lipinski definition) is 1. The zero-order chi connectivity index (χ0) is 14.5. The van der Waals surface area contributed by atoms with Gasteiger partial charge in [-0.2, -0.15) is 0 Å². The van der Waals surface area contributed by atoms with E-state index >= 15 is 0 Å². The monoisotopic (exact) mass is 275 g/mol. The second-order valence-electron chi connectivity index (χ2n) is 5.32. The van der Waals surface area contributed by atoms with Crippen LogP contribution >= 0.6 is 0 Å². The quantitative estimate of drug-likeness (QED) is 0.832. The lowest BCUT2D eigenvalue weighted by Gasteiger charge is -2.21. The maximum absolute atomic E-state index is 12.2. The third kappa shape index (κ3) is 3.83. The van der Waals surface area contributed by atoms with E-state index < -0.39 is 5.97 Å². The van der Waals surface area contributed by atoms with Gasteiger partial charge < -0.3 is 10.0 Å². The molecule has 0 aliphatic heterocycles. The molecule has 1 aliphatic carbocycles. The summed E-state index contributed by atoms with van der Waals surface area (Å²) < 4.78 is 0. The molecule has 1 fully saturated rings. The number of carboxylic acid groups (broad SMARTS) is 1. The van der Waals surface area contributed by atoms with Crippen molar-refractivity contribution in [2.24, 2.45) is 0 Å². The van der Waals surface area contributed by atoms with Crippen LogP contribution in [0.2, 0.25) is 0 Å². The van der Waals surface area contributed by atoms with Gasteiger partial charge in [-0.25, -0.2) is 4.79 Å². The fourth-order valence-electron chi connectivity index (χ4n) is 2.35. The van der Waals surface area contributed by atoms with E-state index in [1.165, 1.54) is 0 Å². The Kier molecular flexibility index (Phi) is 4.77. The van der Waals surface area contributed by atoms with Crippen LogP contribution in [0.5, 0.6) is 0 Å². The summed E-state index contributed by atoms with van der Waals surface area (Å²) in [5.41, 5.74) is 1.29. The van der Waals surface area contributed by atoms with Crippen LogP contribution in [0.1, 0.15) is 48.5 Å². The van der Waals surface area contributed by atoms with E-state index in [4.69, 9.17) is 5.11 Å². The van der Waals surface area contributed by atoms with Gasteiger partial charge in [0, 0.05) is 19.0 Å². The summed E-state index contributed by atoms with van der Waals surface area (Å²) in [5.74, 6) is -0.702. The number of carbonyl (C=O) groups excluding carboxylic acids is 1. The first-order valence-corrected chi connectivity index (χ1v) is 7.23. The highest BCUT2D eigenvalue weighted by Crippen LogP contribution is 2.27. The van der Waals surface area contributed by atoms with Crippen LogP contribution in [0.25, 0.3) is 0 Å². The van der Waals surface area contributed by atoms with Crippen LogP contribution in [0.4, 0.5) is 0 Å².